The van der Waals surface area contributed by atoms with Crippen molar-refractivity contribution in [1.29, 1.82) is 0 Å². The van der Waals surface area contributed by atoms with Gasteiger partial charge >= 0.3 is 0 Å². The second kappa shape index (κ2) is 4.87. The van der Waals surface area contributed by atoms with Crippen molar-refractivity contribution in [1.82, 2.24) is 4.98 Å². The van der Waals surface area contributed by atoms with Gasteiger partial charge in [0.25, 0.3) is 0 Å². The van der Waals surface area contributed by atoms with Gasteiger partial charge in [0.1, 0.15) is 0 Å². The minimum absolute atomic E-state index is 0.719. The van der Waals surface area contributed by atoms with E-state index in [0.717, 1.165) is 23.6 Å². The summed E-state index contributed by atoms with van der Waals surface area (Å²) in [6.07, 6.45) is 1.82. The highest BCUT2D eigenvalue weighted by molar-refractivity contribution is 5.59. The number of nitrogen functional groups attached to an aromatic ring is 1. The van der Waals surface area contributed by atoms with E-state index in [-0.39, 0.29) is 0 Å². The molecule has 0 atom stereocenters. The normalized spacial score (nSPS) is 10.2. The van der Waals surface area contributed by atoms with Crippen LogP contribution >= 0.6 is 0 Å². The van der Waals surface area contributed by atoms with E-state index in [9.17, 15) is 0 Å². The van der Waals surface area contributed by atoms with E-state index in [4.69, 9.17) is 5.73 Å². The number of hydrogen-bond donors (Lipinski definition) is 2. The standard InChI is InChI=1S/C14H17N3/c1-10-4-3-7-16-14(10)9-17-13-8-12(15)6-5-11(13)2/h3-8,17H,9,15H2,1-2H3. The van der Waals surface area contributed by atoms with E-state index < -0.39 is 0 Å². The molecular weight excluding hydrogens is 210 g/mol. The average molecular weight is 227 g/mol. The van der Waals surface area contributed by atoms with Gasteiger partial charge in [-0.3, -0.25) is 4.98 Å². The van der Waals surface area contributed by atoms with Crippen molar-refractivity contribution in [3.63, 3.8) is 0 Å². The summed E-state index contributed by atoms with van der Waals surface area (Å²) in [5.74, 6) is 0. The van der Waals surface area contributed by atoms with Crippen LogP contribution in [0.25, 0.3) is 0 Å². The van der Waals surface area contributed by atoms with Crippen LogP contribution in [-0.2, 0) is 6.54 Å². The van der Waals surface area contributed by atoms with Gasteiger partial charge in [0.15, 0.2) is 0 Å². The topological polar surface area (TPSA) is 50.9 Å². The van der Waals surface area contributed by atoms with Gasteiger partial charge in [-0.05, 0) is 43.2 Å². The van der Waals surface area contributed by atoms with Gasteiger partial charge in [-0.15, -0.1) is 0 Å². The molecule has 3 nitrogen and oxygen atoms in total. The molecule has 2 aromatic rings. The number of pyridine rings is 1. The lowest BCUT2D eigenvalue weighted by Gasteiger charge is -2.11. The van der Waals surface area contributed by atoms with Crippen LogP contribution in [0.1, 0.15) is 16.8 Å². The molecule has 2 rings (SSSR count). The summed E-state index contributed by atoms with van der Waals surface area (Å²) < 4.78 is 0. The maximum Gasteiger partial charge on any atom is 0.0623 e. The molecule has 0 saturated carbocycles. The molecule has 3 heteroatoms. The van der Waals surface area contributed by atoms with Crippen molar-refractivity contribution in [3.05, 3.63) is 53.3 Å². The number of aromatic nitrogens is 1. The quantitative estimate of drug-likeness (QED) is 0.793. The smallest absolute Gasteiger partial charge is 0.0623 e. The number of nitrogens with one attached hydrogen (secondary N) is 1. The van der Waals surface area contributed by atoms with Gasteiger partial charge in [-0.25, -0.2) is 0 Å². The molecule has 1 aromatic heterocycles. The summed E-state index contributed by atoms with van der Waals surface area (Å²) in [7, 11) is 0. The van der Waals surface area contributed by atoms with Crippen molar-refractivity contribution >= 4 is 11.4 Å². The maximum absolute atomic E-state index is 5.77. The Kier molecular flexibility index (Phi) is 3.28. The van der Waals surface area contributed by atoms with Crippen LogP contribution in [-0.4, -0.2) is 4.98 Å². The molecular formula is C14H17N3. The first-order chi connectivity index (χ1) is 8.16. The highest BCUT2D eigenvalue weighted by Crippen LogP contribution is 2.19. The second-order valence-corrected chi connectivity index (χ2v) is 4.19. The minimum atomic E-state index is 0.719. The molecule has 0 spiro atoms. The third-order valence-electron chi connectivity index (χ3n) is 2.83. The number of benzene rings is 1. The van der Waals surface area contributed by atoms with E-state index >= 15 is 0 Å². The van der Waals surface area contributed by atoms with Gasteiger partial charge in [0.2, 0.25) is 0 Å². The number of hydrogen-bond acceptors (Lipinski definition) is 3. The molecule has 0 radical (unpaired) electrons. The Balaban J connectivity index is 2.12. The van der Waals surface area contributed by atoms with E-state index in [2.05, 4.69) is 30.2 Å². The Bertz CT molecular complexity index is 521. The first-order valence-corrected chi connectivity index (χ1v) is 5.67. The lowest BCUT2D eigenvalue weighted by Crippen LogP contribution is -2.05. The van der Waals surface area contributed by atoms with Crippen molar-refractivity contribution < 1.29 is 0 Å². The first kappa shape index (κ1) is 11.5. The molecule has 0 aliphatic carbocycles. The summed E-state index contributed by atoms with van der Waals surface area (Å²) in [6, 6.07) is 9.89. The van der Waals surface area contributed by atoms with Crippen LogP contribution in [0, 0.1) is 13.8 Å². The molecule has 1 heterocycles. The largest absolute Gasteiger partial charge is 0.399 e. The van der Waals surface area contributed by atoms with Gasteiger partial charge in [0.05, 0.1) is 12.2 Å². The number of nitrogens with two attached hydrogens (primary N) is 1. The molecule has 0 saturated heterocycles. The van der Waals surface area contributed by atoms with Gasteiger partial charge in [-0.2, -0.15) is 0 Å². The van der Waals surface area contributed by atoms with Crippen LogP contribution in [0.3, 0.4) is 0 Å². The minimum Gasteiger partial charge on any atom is -0.399 e. The number of anilines is 2. The second-order valence-electron chi connectivity index (χ2n) is 4.19. The van der Waals surface area contributed by atoms with Crippen LogP contribution in [0.5, 0.6) is 0 Å². The van der Waals surface area contributed by atoms with Crippen LogP contribution in [0.4, 0.5) is 11.4 Å². The summed E-state index contributed by atoms with van der Waals surface area (Å²) >= 11 is 0. The van der Waals surface area contributed by atoms with E-state index in [1.807, 2.05) is 30.5 Å². The first-order valence-electron chi connectivity index (χ1n) is 5.67. The Hall–Kier alpha value is -2.03. The molecule has 0 fully saturated rings. The number of nitrogens with zero attached hydrogens (tertiary/aromatic N) is 1. The lowest BCUT2D eigenvalue weighted by molar-refractivity contribution is 1.02. The molecule has 0 amide bonds. The van der Waals surface area contributed by atoms with Crippen LogP contribution in [0.15, 0.2) is 36.5 Å². The lowest BCUT2D eigenvalue weighted by atomic mass is 10.1. The van der Waals surface area contributed by atoms with Gasteiger partial charge < -0.3 is 11.1 Å². The highest BCUT2D eigenvalue weighted by Gasteiger charge is 2.01. The molecule has 0 bridgehead atoms. The molecule has 0 unspecified atom stereocenters. The van der Waals surface area contributed by atoms with Gasteiger partial charge in [0, 0.05) is 17.6 Å². The molecule has 0 aliphatic heterocycles. The third kappa shape index (κ3) is 2.75. The van der Waals surface area contributed by atoms with Crippen molar-refractivity contribution in [3.8, 4) is 0 Å². The molecule has 1 aromatic carbocycles. The Morgan fingerprint density at radius 1 is 1.18 bits per heavy atom. The molecule has 0 aliphatic rings. The zero-order valence-corrected chi connectivity index (χ0v) is 10.2. The Labute approximate surface area is 102 Å². The van der Waals surface area contributed by atoms with E-state index in [0.29, 0.717) is 0 Å². The van der Waals surface area contributed by atoms with Gasteiger partial charge in [-0.1, -0.05) is 12.1 Å². The summed E-state index contributed by atoms with van der Waals surface area (Å²) in [5, 5.41) is 3.37. The summed E-state index contributed by atoms with van der Waals surface area (Å²) in [6.45, 7) is 4.85. The highest BCUT2D eigenvalue weighted by atomic mass is 14.9. The average Bonchev–Trinajstić information content (AvgIpc) is 2.32. The fourth-order valence-corrected chi connectivity index (χ4v) is 1.71. The fourth-order valence-electron chi connectivity index (χ4n) is 1.71. The zero-order valence-electron chi connectivity index (χ0n) is 10.2. The Morgan fingerprint density at radius 3 is 2.76 bits per heavy atom. The SMILES string of the molecule is Cc1ccc(N)cc1NCc1ncccc1C. The van der Waals surface area contributed by atoms with Crippen LogP contribution < -0.4 is 11.1 Å². The van der Waals surface area contributed by atoms with Crippen LogP contribution in [0.2, 0.25) is 0 Å². The molecule has 3 N–H and O–H groups in total. The maximum atomic E-state index is 5.77. The van der Waals surface area contributed by atoms with E-state index in [1.54, 1.807) is 0 Å². The van der Waals surface area contributed by atoms with Crippen molar-refractivity contribution in [2.24, 2.45) is 0 Å². The number of aryl methyl sites for hydroxylation is 2. The van der Waals surface area contributed by atoms with Crippen molar-refractivity contribution in [2.45, 2.75) is 20.4 Å². The van der Waals surface area contributed by atoms with E-state index in [1.165, 1.54) is 11.1 Å². The Morgan fingerprint density at radius 2 is 2.00 bits per heavy atom. The predicted molar refractivity (Wildman–Crippen MR) is 71.9 cm³/mol. The number of rotatable bonds is 3. The summed E-state index contributed by atoms with van der Waals surface area (Å²) in [5.41, 5.74) is 11.1. The monoisotopic (exact) mass is 227 g/mol. The summed E-state index contributed by atoms with van der Waals surface area (Å²) in [4.78, 5) is 4.35. The predicted octanol–water partition coefficient (Wildman–Crippen LogP) is 2.89. The third-order valence-corrected chi connectivity index (χ3v) is 2.83. The fraction of sp³-hybridized carbons (Fsp3) is 0.214. The zero-order chi connectivity index (χ0) is 12.3. The van der Waals surface area contributed by atoms with Crippen molar-refractivity contribution in [2.75, 3.05) is 11.1 Å². The molecule has 88 valence electrons. The molecule has 17 heavy (non-hydrogen) atoms.